The molecule has 2 unspecified atom stereocenters. The molecule has 0 aliphatic heterocycles. The highest BCUT2D eigenvalue weighted by Crippen LogP contribution is 2.59. The molecule has 170 valence electrons. The third-order valence-electron chi connectivity index (χ3n) is 7.59. The first-order valence-corrected chi connectivity index (χ1v) is 12.0. The van der Waals surface area contributed by atoms with Gasteiger partial charge in [-0.3, -0.25) is 0 Å². The molecule has 0 fully saturated rings. The Labute approximate surface area is 184 Å². The van der Waals surface area contributed by atoms with E-state index in [2.05, 4.69) is 110 Å². The monoisotopic (exact) mass is 414 g/mol. The van der Waals surface area contributed by atoms with Gasteiger partial charge in [-0.1, -0.05) is 95.9 Å². The molecule has 0 aromatic carbocycles. The van der Waals surface area contributed by atoms with Crippen molar-refractivity contribution >= 4 is 12.9 Å². The van der Waals surface area contributed by atoms with Crippen LogP contribution in [0.2, 0.25) is 0 Å². The highest BCUT2D eigenvalue weighted by Gasteiger charge is 2.52. The van der Waals surface area contributed by atoms with E-state index in [0.29, 0.717) is 28.6 Å². The Morgan fingerprint density at radius 3 is 1.43 bits per heavy atom. The van der Waals surface area contributed by atoms with Gasteiger partial charge in [0.1, 0.15) is 0 Å². The molecule has 0 aliphatic carbocycles. The van der Waals surface area contributed by atoms with Gasteiger partial charge in [-0.2, -0.15) is 0 Å². The second kappa shape index (κ2) is 9.63. The lowest BCUT2D eigenvalue weighted by atomic mass is 9.48. The summed E-state index contributed by atoms with van der Waals surface area (Å²) in [5.41, 5.74) is 0.790. The maximum Gasteiger partial charge on any atom is 0.0775 e. The second-order valence-electron chi connectivity index (χ2n) is 13.3. The maximum atomic E-state index is 5.61. The molecule has 0 saturated carbocycles. The van der Waals surface area contributed by atoms with Gasteiger partial charge in [0, 0.05) is 0 Å². The fraction of sp³-hybridized carbons (Fsp3) is 1.00. The second-order valence-corrected chi connectivity index (χ2v) is 13.5. The Hall–Kier alpha value is 0.310. The molecule has 0 aliphatic rings. The fourth-order valence-electron chi connectivity index (χ4n) is 6.71. The van der Waals surface area contributed by atoms with E-state index >= 15 is 0 Å². The lowest BCUT2D eigenvalue weighted by Crippen LogP contribution is -2.51. The fourth-order valence-corrected chi connectivity index (χ4v) is 6.78. The zero-order valence-electron chi connectivity index (χ0n) is 21.9. The summed E-state index contributed by atoms with van der Waals surface area (Å²) in [6.07, 6.45) is 4.68. The maximum absolute atomic E-state index is 5.61. The molecule has 0 spiro atoms. The smallest absolute Gasteiger partial charge is 0.0775 e. The minimum absolute atomic E-state index is 0.140. The van der Waals surface area contributed by atoms with Crippen LogP contribution in [0.4, 0.5) is 0 Å². The lowest BCUT2D eigenvalue weighted by molar-refractivity contribution is -0.0917. The zero-order valence-corrected chi connectivity index (χ0v) is 22.8. The van der Waals surface area contributed by atoms with E-state index in [0.717, 1.165) is 6.42 Å². The first-order valence-electron chi connectivity index (χ1n) is 11.6. The summed E-state index contributed by atoms with van der Waals surface area (Å²) in [6, 6.07) is 0. The minimum atomic E-state index is -0.237. The molecule has 0 aromatic rings. The minimum Gasteiger partial charge on any atom is -0.313 e. The molecule has 2 atom stereocenters. The van der Waals surface area contributed by atoms with Gasteiger partial charge in [0.15, 0.2) is 0 Å². The average Bonchev–Trinajstić information content (AvgIpc) is 2.49. The van der Waals surface area contributed by atoms with E-state index in [-0.39, 0.29) is 16.4 Å². The quantitative estimate of drug-likeness (QED) is 0.247. The van der Waals surface area contributed by atoms with Gasteiger partial charge in [0.2, 0.25) is 0 Å². The Kier molecular flexibility index (Phi) is 9.74. The van der Waals surface area contributed by atoms with Crippen LogP contribution in [0, 0.1) is 39.4 Å². The molecule has 0 rings (SSSR count). The third-order valence-corrected chi connectivity index (χ3v) is 8.09. The van der Waals surface area contributed by atoms with Crippen molar-refractivity contribution in [2.45, 2.75) is 128 Å². The Balaban J connectivity index is 6.52. The molecule has 0 saturated heterocycles. The van der Waals surface area contributed by atoms with Gasteiger partial charge >= 0.3 is 0 Å². The van der Waals surface area contributed by atoms with Crippen LogP contribution in [0.25, 0.3) is 0 Å². The van der Waals surface area contributed by atoms with Crippen molar-refractivity contribution in [3.05, 3.63) is 0 Å². The van der Waals surface area contributed by atoms with Crippen molar-refractivity contribution in [3.63, 3.8) is 0 Å². The van der Waals surface area contributed by atoms with Crippen molar-refractivity contribution < 1.29 is 4.18 Å². The SMILES string of the molecule is CCC(C)(C)CC(C)(C)C(C(C(C)C)C(C)(C)CC)C(C)(C)CC(C)(C)OS. The van der Waals surface area contributed by atoms with E-state index < -0.39 is 0 Å². The number of hydrogen-bond acceptors (Lipinski definition) is 2. The van der Waals surface area contributed by atoms with Crippen LogP contribution in [0.1, 0.15) is 123 Å². The summed E-state index contributed by atoms with van der Waals surface area (Å²) < 4.78 is 5.61. The Morgan fingerprint density at radius 2 is 1.11 bits per heavy atom. The van der Waals surface area contributed by atoms with E-state index in [1.54, 1.807) is 0 Å². The molecule has 2 heteroatoms. The molecular formula is C26H54OS. The summed E-state index contributed by atoms with van der Waals surface area (Å²) in [7, 11) is 0. The standard InChI is InChI=1S/C26H54OS/c1-15-22(5,6)17-24(9,10)21(20(19(3)4)23(7,8)16-2)25(11,12)18-26(13,14)27-28/h19-21,28H,15-18H2,1-14H3. The summed E-state index contributed by atoms with van der Waals surface area (Å²) in [4.78, 5) is 0. The van der Waals surface area contributed by atoms with Crippen LogP contribution < -0.4 is 0 Å². The van der Waals surface area contributed by atoms with Crippen molar-refractivity contribution in [2.24, 2.45) is 39.4 Å². The third kappa shape index (κ3) is 7.53. The number of rotatable bonds is 12. The van der Waals surface area contributed by atoms with Crippen LogP contribution in [0.3, 0.4) is 0 Å². The van der Waals surface area contributed by atoms with Crippen molar-refractivity contribution in [3.8, 4) is 0 Å². The molecular weight excluding hydrogens is 360 g/mol. The Bertz CT molecular complexity index is 441. The predicted molar refractivity (Wildman–Crippen MR) is 131 cm³/mol. The van der Waals surface area contributed by atoms with Crippen LogP contribution in [0.5, 0.6) is 0 Å². The highest BCUT2D eigenvalue weighted by molar-refractivity contribution is 7.75. The van der Waals surface area contributed by atoms with E-state index in [1.165, 1.54) is 19.3 Å². The topological polar surface area (TPSA) is 9.23 Å². The lowest BCUT2D eigenvalue weighted by Gasteiger charge is -2.57. The summed E-state index contributed by atoms with van der Waals surface area (Å²) in [5.74, 6) is 1.87. The largest absolute Gasteiger partial charge is 0.313 e. The van der Waals surface area contributed by atoms with E-state index in [4.69, 9.17) is 4.18 Å². The molecule has 0 amide bonds. The van der Waals surface area contributed by atoms with Gasteiger partial charge in [-0.15, -0.1) is 0 Å². The number of thiol groups is 1. The zero-order chi connectivity index (χ0) is 22.8. The molecule has 0 N–H and O–H groups in total. The van der Waals surface area contributed by atoms with Crippen LogP contribution in [-0.2, 0) is 4.18 Å². The number of hydrogen-bond donors (Lipinski definition) is 1. The van der Waals surface area contributed by atoms with Gasteiger partial charge < -0.3 is 4.18 Å². The van der Waals surface area contributed by atoms with Crippen molar-refractivity contribution in [1.82, 2.24) is 0 Å². The summed E-state index contributed by atoms with van der Waals surface area (Å²) in [5, 5.41) is 0. The van der Waals surface area contributed by atoms with Crippen LogP contribution in [0.15, 0.2) is 0 Å². The van der Waals surface area contributed by atoms with E-state index in [9.17, 15) is 0 Å². The summed E-state index contributed by atoms with van der Waals surface area (Å²) in [6.45, 7) is 33.8. The molecule has 1 nitrogen and oxygen atoms in total. The average molecular weight is 415 g/mol. The highest BCUT2D eigenvalue weighted by atomic mass is 32.1. The molecule has 0 aromatic heterocycles. The van der Waals surface area contributed by atoms with Crippen molar-refractivity contribution in [2.75, 3.05) is 0 Å². The Morgan fingerprint density at radius 1 is 0.679 bits per heavy atom. The van der Waals surface area contributed by atoms with Gasteiger partial charge in [0.25, 0.3) is 0 Å². The molecule has 0 heterocycles. The summed E-state index contributed by atoms with van der Waals surface area (Å²) >= 11 is 4.21. The van der Waals surface area contributed by atoms with Crippen molar-refractivity contribution in [1.29, 1.82) is 0 Å². The van der Waals surface area contributed by atoms with Gasteiger partial charge in [0.05, 0.1) is 5.60 Å². The van der Waals surface area contributed by atoms with Gasteiger partial charge in [-0.25, -0.2) is 0 Å². The molecule has 0 bridgehead atoms. The first kappa shape index (κ1) is 28.3. The van der Waals surface area contributed by atoms with E-state index in [1.807, 2.05) is 0 Å². The first-order chi connectivity index (χ1) is 12.3. The van der Waals surface area contributed by atoms with Gasteiger partial charge in [-0.05, 0) is 79.0 Å². The normalized spacial score (nSPS) is 17.1. The molecule has 0 radical (unpaired) electrons. The molecule has 28 heavy (non-hydrogen) atoms. The van der Waals surface area contributed by atoms with Crippen LogP contribution >= 0.6 is 12.9 Å². The predicted octanol–water partition coefficient (Wildman–Crippen LogP) is 9.22. The van der Waals surface area contributed by atoms with Crippen LogP contribution in [-0.4, -0.2) is 5.60 Å².